The highest BCUT2D eigenvalue weighted by molar-refractivity contribution is 6.32. The summed E-state index contributed by atoms with van der Waals surface area (Å²) in [5, 5.41) is 47.2. The van der Waals surface area contributed by atoms with Gasteiger partial charge in [0.1, 0.15) is 88.2 Å². The molecule has 0 radical (unpaired) electrons. The Morgan fingerprint density at radius 2 is 0.588 bits per heavy atom. The molecule has 8 heterocycles. The summed E-state index contributed by atoms with van der Waals surface area (Å²) >= 11 is 12.5. The van der Waals surface area contributed by atoms with Crippen LogP contribution >= 0.6 is 23.2 Å². The van der Waals surface area contributed by atoms with E-state index in [1.54, 1.807) is 123 Å². The van der Waals surface area contributed by atoms with Crippen LogP contribution in [0.25, 0.3) is 44.1 Å². The van der Waals surface area contributed by atoms with Crippen LogP contribution < -0.4 is 24.3 Å². The second-order valence-corrected chi connectivity index (χ2v) is 42.4. The molecule has 4 amide bonds. The Morgan fingerprint density at radius 1 is 0.338 bits per heavy atom. The number of fused-ring (bicyclic) bond motifs is 12. The standard InChI is InChI=1S/C29H34ClN3O5.2C29H34FN3O4.C28H32ClN3O4/c1-16-8-10-21-23(32(16)29(36)38-4)11-12-24-26(21)31-28(27(35)19-9-13-25(37-3)22(30)15-19)33(24)20-7-5-6-18(14-20)17(2)34;2*1-16-8-10-20(15-23(16)30)27(35)28-31-26-22-11-9-17(2)32(29(36)37-4)24(22)12-13-25(26)33(28)21-7-5-6-19(14-21)18(3)34;1-16-7-12-22-23(31(16)28(35)36-3)13-14-24-25(22)30-27(26(34)18-8-10-20(29)11-9-18)32(24)21-6-4-5-19(15-21)17(2)33/h9,11-13,15-16,18,20,27,35H,5-8,10,14H2,1-4H3;2*8,10,12-13,15,17,19,21,27,35H,5-7,9,11,14H2,1-4H3;8-11,13-14,16,19,21,26,34H,4-7,12,15H2,1-3H3/t16-,18+,20+,27-;17-,19+,21+,27+;17-,19+,21+,27-;16-,19+,21+,26+/m0000/s1. The maximum absolute atomic E-state index is 14.4. The van der Waals surface area contributed by atoms with Gasteiger partial charge in [0, 0.05) is 99.3 Å². The van der Waals surface area contributed by atoms with E-state index in [9.17, 15) is 67.6 Å². The minimum atomic E-state index is -1.14. The summed E-state index contributed by atoms with van der Waals surface area (Å²) in [7, 11) is 7.08. The Balaban J connectivity index is 0.000000135. The van der Waals surface area contributed by atoms with Crippen LogP contribution in [0.4, 0.5) is 50.7 Å². The summed E-state index contributed by atoms with van der Waals surface area (Å²) in [6.07, 6.45) is 13.6. The number of amides is 4. The van der Waals surface area contributed by atoms with Crippen molar-refractivity contribution in [2.75, 3.05) is 55.1 Å². The van der Waals surface area contributed by atoms with Crippen molar-refractivity contribution in [2.45, 2.75) is 296 Å². The van der Waals surface area contributed by atoms with E-state index in [4.69, 9.17) is 66.8 Å². The Morgan fingerprint density at radius 3 is 0.831 bits per heavy atom. The number of aliphatic hydroxyl groups is 4. The Labute approximate surface area is 870 Å². The van der Waals surface area contributed by atoms with Crippen molar-refractivity contribution in [3.8, 4) is 5.75 Å². The first kappa shape index (κ1) is 107. The van der Waals surface area contributed by atoms with E-state index >= 15 is 0 Å². The molecule has 4 N–H and O–H groups in total. The topological polar surface area (TPSA) is 348 Å². The predicted molar refractivity (Wildman–Crippen MR) is 564 cm³/mol. The first-order chi connectivity index (χ1) is 70.9. The number of nitrogens with zero attached hydrogens (tertiary/aromatic N) is 12. The Hall–Kier alpha value is -12.5. The fourth-order valence-electron chi connectivity index (χ4n) is 24.2. The van der Waals surface area contributed by atoms with Gasteiger partial charge in [-0.2, -0.15) is 0 Å². The van der Waals surface area contributed by atoms with E-state index in [-0.39, 0.29) is 113 Å². The van der Waals surface area contributed by atoms with Gasteiger partial charge in [0.05, 0.1) is 107 Å². The van der Waals surface area contributed by atoms with Gasteiger partial charge >= 0.3 is 24.4 Å². The molecule has 148 heavy (non-hydrogen) atoms. The van der Waals surface area contributed by atoms with Crippen molar-refractivity contribution < 1.29 is 91.2 Å². The number of ketones is 4. The van der Waals surface area contributed by atoms with Crippen molar-refractivity contribution in [1.82, 2.24) is 38.2 Å². The van der Waals surface area contributed by atoms with E-state index in [2.05, 4.69) is 18.3 Å². The van der Waals surface area contributed by atoms with Crippen molar-refractivity contribution in [3.05, 3.63) is 228 Å². The normalized spacial score (nSPS) is 22.5. The van der Waals surface area contributed by atoms with E-state index in [1.165, 1.54) is 40.6 Å². The van der Waals surface area contributed by atoms with Gasteiger partial charge in [-0.05, 0) is 316 Å². The van der Waals surface area contributed by atoms with Crippen molar-refractivity contribution in [1.29, 1.82) is 0 Å². The van der Waals surface area contributed by atoms with Crippen molar-refractivity contribution in [3.63, 3.8) is 0 Å². The van der Waals surface area contributed by atoms with Crippen LogP contribution in [0.15, 0.2) is 127 Å². The number of carbonyl (C=O) groups excluding carboxylic acids is 8. The van der Waals surface area contributed by atoms with Crippen LogP contribution in [0.3, 0.4) is 0 Å². The maximum atomic E-state index is 14.4. The molecule has 0 bridgehead atoms. The number of hydrogen-bond donors (Lipinski definition) is 4. The number of ether oxygens (including phenoxy) is 5. The van der Waals surface area contributed by atoms with Gasteiger partial charge in [-0.25, -0.2) is 47.9 Å². The number of halogens is 4. The molecule has 33 heteroatoms. The quantitative estimate of drug-likeness (QED) is 0.0615. The molecule has 29 nitrogen and oxygen atoms in total. The largest absolute Gasteiger partial charge is 0.495 e. The van der Waals surface area contributed by atoms with Gasteiger partial charge < -0.3 is 62.4 Å². The monoisotopic (exact) mass is 2060 g/mol. The molecule has 784 valence electrons. The summed E-state index contributed by atoms with van der Waals surface area (Å²) in [6, 6.07) is 37.5. The number of aromatic nitrogens is 8. The number of aliphatic hydroxyl groups excluding tert-OH is 4. The average Bonchev–Trinajstić information content (AvgIpc) is 1.60. The van der Waals surface area contributed by atoms with Gasteiger partial charge in [0.25, 0.3) is 0 Å². The van der Waals surface area contributed by atoms with Crippen LogP contribution in [0, 0.1) is 49.2 Å². The van der Waals surface area contributed by atoms with Crippen LogP contribution in [0.5, 0.6) is 5.75 Å². The number of methoxy groups -OCH3 is 5. The molecule has 4 aliphatic carbocycles. The minimum Gasteiger partial charge on any atom is -0.495 e. The van der Waals surface area contributed by atoms with Gasteiger partial charge in [-0.1, -0.05) is 91.3 Å². The van der Waals surface area contributed by atoms with Gasteiger partial charge in [-0.15, -0.1) is 0 Å². The van der Waals surface area contributed by atoms with Crippen LogP contribution in [-0.4, -0.2) is 166 Å². The fourth-order valence-corrected chi connectivity index (χ4v) is 24.6. The lowest BCUT2D eigenvalue weighted by Gasteiger charge is -2.34. The van der Waals surface area contributed by atoms with Gasteiger partial charge in [0.2, 0.25) is 0 Å². The lowest BCUT2D eigenvalue weighted by molar-refractivity contribution is -0.122. The van der Waals surface area contributed by atoms with Crippen LogP contribution in [-0.2, 0) is 63.8 Å². The first-order valence-electron chi connectivity index (χ1n) is 51.9. The third kappa shape index (κ3) is 20.9. The van der Waals surface area contributed by atoms with Gasteiger partial charge in [-0.3, -0.25) is 38.8 Å². The number of carbonyl (C=O) groups is 8. The molecular formula is C115H134Cl2F2N12O17. The zero-order chi connectivity index (χ0) is 106. The highest BCUT2D eigenvalue weighted by atomic mass is 35.5. The molecule has 0 unspecified atom stereocenters. The molecule has 8 aromatic carbocycles. The fraction of sp³-hybridized carbons (Fsp3) is 0.478. The van der Waals surface area contributed by atoms with Crippen LogP contribution in [0.2, 0.25) is 10.0 Å². The number of hydrogen-bond acceptors (Lipinski definition) is 21. The molecule has 0 saturated heterocycles. The minimum absolute atomic E-state index is 0.00402. The molecule has 16 atom stereocenters. The number of benzene rings is 8. The van der Waals surface area contributed by atoms with Gasteiger partial charge in [0.15, 0.2) is 0 Å². The highest BCUT2D eigenvalue weighted by Crippen LogP contribution is 2.51. The molecule has 4 aliphatic heterocycles. The summed E-state index contributed by atoms with van der Waals surface area (Å²) < 4.78 is 62.8. The summed E-state index contributed by atoms with van der Waals surface area (Å²) in [6.45, 7) is 18.0. The maximum Gasteiger partial charge on any atom is 0.414 e. The Kier molecular flexibility index (Phi) is 32.5. The molecular weight excluding hydrogens is 1930 g/mol. The molecule has 8 aliphatic rings. The number of rotatable bonds is 17. The molecule has 4 aromatic heterocycles. The number of aryl methyl sites for hydroxylation is 6. The number of anilines is 4. The summed E-state index contributed by atoms with van der Waals surface area (Å²) in [5.74, 6) is 2.38. The van der Waals surface area contributed by atoms with E-state index in [1.807, 2.05) is 88.4 Å². The van der Waals surface area contributed by atoms with E-state index < -0.39 is 42.7 Å². The molecule has 4 fully saturated rings. The van der Waals surface area contributed by atoms with E-state index in [0.29, 0.717) is 91.7 Å². The smallest absolute Gasteiger partial charge is 0.414 e. The number of Topliss-reactive ketones (excluding diaryl/α,β-unsaturated/α-hetero) is 4. The molecule has 12 aromatic rings. The third-order valence-electron chi connectivity index (χ3n) is 32.4. The summed E-state index contributed by atoms with van der Waals surface area (Å²) in [4.78, 5) is 126. The van der Waals surface area contributed by atoms with E-state index in [0.717, 1.165) is 224 Å². The zero-order valence-electron chi connectivity index (χ0n) is 86.8. The highest BCUT2D eigenvalue weighted by Gasteiger charge is 2.43. The Bertz CT molecular complexity index is 6870. The average molecular weight is 2070 g/mol. The summed E-state index contributed by atoms with van der Waals surface area (Å²) in [5.41, 5.74) is 16.6. The first-order valence-corrected chi connectivity index (χ1v) is 52.7. The van der Waals surface area contributed by atoms with Crippen molar-refractivity contribution in [2.24, 2.45) is 23.7 Å². The lowest BCUT2D eigenvalue weighted by Crippen LogP contribution is -2.42. The predicted octanol–water partition coefficient (Wildman–Crippen LogP) is 23.6. The lowest BCUT2D eigenvalue weighted by atomic mass is 9.83. The third-order valence-corrected chi connectivity index (χ3v) is 33.0. The molecule has 0 spiro atoms. The zero-order valence-corrected chi connectivity index (χ0v) is 88.3. The molecule has 4 saturated carbocycles. The van der Waals surface area contributed by atoms with Crippen LogP contribution in [0.1, 0.15) is 311 Å². The molecule has 20 rings (SSSR count). The van der Waals surface area contributed by atoms with Crippen molar-refractivity contribution >= 4 is 138 Å². The number of imidazole rings is 4. The second-order valence-electron chi connectivity index (χ2n) is 41.6. The SMILES string of the molecule is COC(=O)N1c2ccc3c(nc([C@@H](O)c4ccc(C)c(F)c4)n3[C@@H]3CCC[C@@H](C(C)=O)C3)c2CC[C@@H]1C.COC(=O)N1c2ccc3c(nc([C@@H](O)c4ccc(OC)c(Cl)c4)n3[C@@H]3CCC[C@@H](C(C)=O)C3)c2CC[C@@H]1C.COC(=O)N1c2ccc3c(nc([C@H](O)c4ccc(C)c(F)c4)n3[C@@H]3CCC[C@@H](C(C)=O)C3)c2CC[C@@H]1C.COC(=O)N1c2ccc3c(nc([C@H](O)c4ccc(Cl)cc4)n3[C@@H]3CCC[C@@H](C(C)=O)C3)c2CC[C@@H]1C. The second kappa shape index (κ2) is 45.1.